The van der Waals surface area contributed by atoms with Crippen molar-refractivity contribution in [2.75, 3.05) is 0 Å². The Balaban J connectivity index is 2.71. The van der Waals surface area contributed by atoms with Crippen LogP contribution in [0.25, 0.3) is 0 Å². The fourth-order valence-electron chi connectivity index (χ4n) is 1.55. The highest BCUT2D eigenvalue weighted by Crippen LogP contribution is 2.41. The van der Waals surface area contributed by atoms with E-state index in [2.05, 4.69) is 27.7 Å². The summed E-state index contributed by atoms with van der Waals surface area (Å²) in [5.74, 6) is 0.439. The summed E-state index contributed by atoms with van der Waals surface area (Å²) >= 11 is 0. The van der Waals surface area contributed by atoms with E-state index >= 15 is 0 Å². The SMILES string of the molecule is CC1(C)CCC(C)(C)C(=O)C1. The van der Waals surface area contributed by atoms with Gasteiger partial charge in [-0.3, -0.25) is 4.79 Å². The highest BCUT2D eigenvalue weighted by atomic mass is 16.1. The molecule has 11 heavy (non-hydrogen) atoms. The van der Waals surface area contributed by atoms with E-state index in [-0.39, 0.29) is 10.8 Å². The first kappa shape index (κ1) is 8.76. The zero-order chi connectivity index (χ0) is 8.70. The summed E-state index contributed by atoms with van der Waals surface area (Å²) in [5, 5.41) is 0. The van der Waals surface area contributed by atoms with Crippen molar-refractivity contribution in [2.24, 2.45) is 10.8 Å². The van der Waals surface area contributed by atoms with Crippen molar-refractivity contribution in [1.82, 2.24) is 0 Å². The Labute approximate surface area is 69.2 Å². The zero-order valence-corrected chi connectivity index (χ0v) is 8.03. The van der Waals surface area contributed by atoms with Gasteiger partial charge in [-0.05, 0) is 18.3 Å². The molecule has 0 atom stereocenters. The molecule has 1 nitrogen and oxygen atoms in total. The number of hydrogen-bond acceptors (Lipinski definition) is 1. The highest BCUT2D eigenvalue weighted by molar-refractivity contribution is 5.85. The van der Waals surface area contributed by atoms with Crippen molar-refractivity contribution < 1.29 is 4.79 Å². The summed E-state index contributed by atoms with van der Waals surface area (Å²) < 4.78 is 0. The Kier molecular flexibility index (Phi) is 1.85. The van der Waals surface area contributed by atoms with Crippen LogP contribution in [-0.4, -0.2) is 5.78 Å². The quantitative estimate of drug-likeness (QED) is 0.524. The lowest BCUT2D eigenvalue weighted by Crippen LogP contribution is -2.35. The minimum absolute atomic E-state index is 0.0461. The molecule has 0 aromatic rings. The second kappa shape index (κ2) is 2.33. The van der Waals surface area contributed by atoms with Gasteiger partial charge in [0, 0.05) is 11.8 Å². The molecule has 1 fully saturated rings. The van der Waals surface area contributed by atoms with Crippen LogP contribution in [0.15, 0.2) is 0 Å². The Morgan fingerprint density at radius 1 is 1.09 bits per heavy atom. The summed E-state index contributed by atoms with van der Waals surface area (Å²) in [6.07, 6.45) is 3.00. The third kappa shape index (κ3) is 1.82. The molecular formula is C10H18O. The van der Waals surface area contributed by atoms with E-state index in [0.717, 1.165) is 12.8 Å². The summed E-state index contributed by atoms with van der Waals surface area (Å²) in [6, 6.07) is 0. The third-order valence-corrected chi connectivity index (χ3v) is 2.82. The molecule has 0 bridgehead atoms. The topological polar surface area (TPSA) is 17.1 Å². The average Bonchev–Trinajstić information content (AvgIpc) is 1.81. The second-order valence-electron chi connectivity index (χ2n) is 5.15. The van der Waals surface area contributed by atoms with Crippen molar-refractivity contribution in [3.05, 3.63) is 0 Å². The van der Waals surface area contributed by atoms with E-state index in [1.165, 1.54) is 6.42 Å². The molecule has 0 aromatic heterocycles. The summed E-state index contributed by atoms with van der Waals surface area (Å²) in [7, 11) is 0. The van der Waals surface area contributed by atoms with Gasteiger partial charge in [0.05, 0.1) is 0 Å². The lowest BCUT2D eigenvalue weighted by molar-refractivity contribution is -0.132. The maximum atomic E-state index is 11.5. The molecule has 0 amide bonds. The van der Waals surface area contributed by atoms with Crippen LogP contribution >= 0.6 is 0 Å². The van der Waals surface area contributed by atoms with Gasteiger partial charge < -0.3 is 0 Å². The molecule has 0 saturated heterocycles. The van der Waals surface area contributed by atoms with Crippen LogP contribution in [-0.2, 0) is 4.79 Å². The van der Waals surface area contributed by atoms with E-state index in [0.29, 0.717) is 5.78 Å². The molecule has 1 aliphatic carbocycles. The zero-order valence-electron chi connectivity index (χ0n) is 8.03. The van der Waals surface area contributed by atoms with Crippen LogP contribution in [0.1, 0.15) is 47.0 Å². The molecular weight excluding hydrogens is 136 g/mol. The molecule has 1 saturated carbocycles. The highest BCUT2D eigenvalue weighted by Gasteiger charge is 2.38. The molecule has 0 aromatic carbocycles. The van der Waals surface area contributed by atoms with Gasteiger partial charge in [-0.1, -0.05) is 27.7 Å². The largest absolute Gasteiger partial charge is 0.299 e. The van der Waals surface area contributed by atoms with Crippen molar-refractivity contribution in [3.8, 4) is 0 Å². The van der Waals surface area contributed by atoms with Crippen LogP contribution in [0.2, 0.25) is 0 Å². The molecule has 64 valence electrons. The minimum atomic E-state index is -0.0461. The van der Waals surface area contributed by atoms with Crippen LogP contribution in [0.4, 0.5) is 0 Å². The number of rotatable bonds is 0. The standard InChI is InChI=1S/C10H18O/c1-9(2)5-6-10(3,4)8(11)7-9/h5-7H2,1-4H3. The predicted octanol–water partition coefficient (Wildman–Crippen LogP) is 2.79. The van der Waals surface area contributed by atoms with Crippen LogP contribution < -0.4 is 0 Å². The minimum Gasteiger partial charge on any atom is -0.299 e. The Bertz CT molecular complexity index is 177. The second-order valence-corrected chi connectivity index (χ2v) is 5.15. The van der Waals surface area contributed by atoms with Crippen molar-refractivity contribution in [2.45, 2.75) is 47.0 Å². The molecule has 0 unspecified atom stereocenters. The lowest BCUT2D eigenvalue weighted by atomic mass is 9.66. The Morgan fingerprint density at radius 2 is 1.64 bits per heavy atom. The van der Waals surface area contributed by atoms with E-state index in [4.69, 9.17) is 0 Å². The molecule has 1 aliphatic rings. The maximum Gasteiger partial charge on any atom is 0.139 e. The number of hydrogen-bond donors (Lipinski definition) is 0. The smallest absolute Gasteiger partial charge is 0.139 e. The first-order chi connectivity index (χ1) is 4.83. The molecule has 0 radical (unpaired) electrons. The fraction of sp³-hybridized carbons (Fsp3) is 0.900. The van der Waals surface area contributed by atoms with E-state index in [1.807, 2.05) is 0 Å². The maximum absolute atomic E-state index is 11.5. The van der Waals surface area contributed by atoms with Crippen LogP contribution in [0.5, 0.6) is 0 Å². The van der Waals surface area contributed by atoms with Crippen molar-refractivity contribution >= 4 is 5.78 Å². The lowest BCUT2D eigenvalue weighted by Gasteiger charge is -2.37. The number of ketones is 1. The van der Waals surface area contributed by atoms with Gasteiger partial charge in [-0.15, -0.1) is 0 Å². The molecule has 0 N–H and O–H groups in total. The predicted molar refractivity (Wildman–Crippen MR) is 46.4 cm³/mol. The van der Waals surface area contributed by atoms with Crippen LogP contribution in [0, 0.1) is 10.8 Å². The Hall–Kier alpha value is -0.330. The van der Waals surface area contributed by atoms with Crippen molar-refractivity contribution in [1.29, 1.82) is 0 Å². The van der Waals surface area contributed by atoms with E-state index in [9.17, 15) is 4.79 Å². The molecule has 0 spiro atoms. The molecule has 0 heterocycles. The van der Waals surface area contributed by atoms with Gasteiger partial charge in [0.2, 0.25) is 0 Å². The summed E-state index contributed by atoms with van der Waals surface area (Å²) in [5.41, 5.74) is 0.210. The first-order valence-electron chi connectivity index (χ1n) is 4.37. The normalized spacial score (nSPS) is 28.5. The molecule has 1 rings (SSSR count). The number of carbonyl (C=O) groups is 1. The van der Waals surface area contributed by atoms with E-state index in [1.54, 1.807) is 0 Å². The van der Waals surface area contributed by atoms with E-state index < -0.39 is 0 Å². The number of carbonyl (C=O) groups excluding carboxylic acids is 1. The van der Waals surface area contributed by atoms with Gasteiger partial charge in [0.15, 0.2) is 0 Å². The third-order valence-electron chi connectivity index (χ3n) is 2.82. The van der Waals surface area contributed by atoms with Gasteiger partial charge in [0.25, 0.3) is 0 Å². The van der Waals surface area contributed by atoms with Gasteiger partial charge in [0.1, 0.15) is 5.78 Å². The van der Waals surface area contributed by atoms with Crippen LogP contribution in [0.3, 0.4) is 0 Å². The van der Waals surface area contributed by atoms with Gasteiger partial charge >= 0.3 is 0 Å². The van der Waals surface area contributed by atoms with Gasteiger partial charge in [-0.25, -0.2) is 0 Å². The van der Waals surface area contributed by atoms with Gasteiger partial charge in [-0.2, -0.15) is 0 Å². The Morgan fingerprint density at radius 3 is 2.00 bits per heavy atom. The monoisotopic (exact) mass is 154 g/mol. The molecule has 1 heteroatoms. The fourth-order valence-corrected chi connectivity index (χ4v) is 1.55. The summed E-state index contributed by atoms with van der Waals surface area (Å²) in [6.45, 7) is 8.48. The van der Waals surface area contributed by atoms with Crippen molar-refractivity contribution in [3.63, 3.8) is 0 Å². The summed E-state index contributed by atoms with van der Waals surface area (Å²) in [4.78, 5) is 11.5. The first-order valence-corrected chi connectivity index (χ1v) is 4.37. The average molecular weight is 154 g/mol. The molecule has 0 aliphatic heterocycles. The number of Topliss-reactive ketones (excluding diaryl/α,β-unsaturated/α-hetero) is 1.